The van der Waals surface area contributed by atoms with E-state index >= 15 is 0 Å². The number of anilines is 2. The van der Waals surface area contributed by atoms with Gasteiger partial charge in [0.15, 0.2) is 0 Å². The molecule has 0 aliphatic carbocycles. The molecule has 0 heterocycles. The summed E-state index contributed by atoms with van der Waals surface area (Å²) in [5.74, 6) is -1.09. The first-order valence-corrected chi connectivity index (χ1v) is 7.28. The molecule has 21 heavy (non-hydrogen) atoms. The summed E-state index contributed by atoms with van der Waals surface area (Å²) in [5, 5.41) is 14.4. The Morgan fingerprint density at radius 1 is 1.10 bits per heavy atom. The van der Waals surface area contributed by atoms with Crippen LogP contribution in [-0.4, -0.2) is 17.1 Å². The van der Waals surface area contributed by atoms with Gasteiger partial charge in [-0.2, -0.15) is 0 Å². The average Bonchev–Trinajstić information content (AvgIpc) is 2.41. The molecule has 0 aliphatic rings. The highest BCUT2D eigenvalue weighted by Gasteiger charge is 2.10. The van der Waals surface area contributed by atoms with Gasteiger partial charge in [-0.1, -0.05) is 17.7 Å². The number of benzene rings is 2. The molecule has 3 N–H and O–H groups in total. The van der Waals surface area contributed by atoms with Gasteiger partial charge in [-0.25, -0.2) is 9.59 Å². The van der Waals surface area contributed by atoms with Crippen LogP contribution in [0.3, 0.4) is 0 Å². The fraction of sp³-hybridized carbons (Fsp3) is 0. The van der Waals surface area contributed by atoms with Gasteiger partial charge in [0.05, 0.1) is 16.3 Å². The van der Waals surface area contributed by atoms with Crippen LogP contribution in [0, 0.1) is 3.57 Å². The molecule has 5 nitrogen and oxygen atoms in total. The highest BCUT2D eigenvalue weighted by atomic mass is 127. The van der Waals surface area contributed by atoms with Crippen LogP contribution in [0.2, 0.25) is 5.02 Å². The van der Waals surface area contributed by atoms with Gasteiger partial charge in [-0.3, -0.25) is 0 Å². The molecule has 0 aliphatic heterocycles. The Hall–Kier alpha value is -1.80. The van der Waals surface area contributed by atoms with Crippen LogP contribution in [0.25, 0.3) is 0 Å². The predicted octanol–water partition coefficient (Wildman–Crippen LogP) is 4.29. The number of hydrogen-bond acceptors (Lipinski definition) is 2. The van der Waals surface area contributed by atoms with Crippen molar-refractivity contribution in [2.75, 3.05) is 10.6 Å². The molecular formula is C14H10ClIN2O3. The number of carbonyl (C=O) groups excluding carboxylic acids is 1. The molecule has 0 aromatic heterocycles. The normalized spacial score (nSPS) is 10.0. The maximum absolute atomic E-state index is 11.9. The summed E-state index contributed by atoms with van der Waals surface area (Å²) in [7, 11) is 0. The Kier molecular flexibility index (Phi) is 5.03. The second-order valence-electron chi connectivity index (χ2n) is 4.09. The summed E-state index contributed by atoms with van der Waals surface area (Å²) in [4.78, 5) is 22.8. The van der Waals surface area contributed by atoms with Gasteiger partial charge in [0.2, 0.25) is 0 Å². The number of hydrogen-bond donors (Lipinski definition) is 3. The van der Waals surface area contributed by atoms with E-state index in [1.54, 1.807) is 12.1 Å². The number of rotatable bonds is 3. The highest BCUT2D eigenvalue weighted by molar-refractivity contribution is 14.1. The van der Waals surface area contributed by atoms with Gasteiger partial charge in [0.25, 0.3) is 0 Å². The second-order valence-corrected chi connectivity index (χ2v) is 5.74. The second kappa shape index (κ2) is 6.77. The summed E-state index contributed by atoms with van der Waals surface area (Å²) >= 11 is 8.07. The molecule has 0 radical (unpaired) electrons. The van der Waals surface area contributed by atoms with Crippen LogP contribution in [0.1, 0.15) is 10.4 Å². The van der Waals surface area contributed by atoms with Crippen molar-refractivity contribution in [3.05, 3.63) is 56.6 Å². The highest BCUT2D eigenvalue weighted by Crippen LogP contribution is 2.23. The molecule has 0 spiro atoms. The number of amides is 2. The van der Waals surface area contributed by atoms with Crippen molar-refractivity contribution in [3.63, 3.8) is 0 Å². The first-order chi connectivity index (χ1) is 9.95. The molecule has 2 rings (SSSR count). The molecule has 108 valence electrons. The molecule has 0 saturated heterocycles. The number of carbonyl (C=O) groups is 2. The number of carboxylic acids is 1. The van der Waals surface area contributed by atoms with Crippen LogP contribution in [-0.2, 0) is 0 Å². The molecule has 2 aromatic carbocycles. The minimum atomic E-state index is -1.09. The van der Waals surface area contributed by atoms with Crippen LogP contribution < -0.4 is 10.6 Å². The summed E-state index contributed by atoms with van der Waals surface area (Å²) in [6.07, 6.45) is 0. The third kappa shape index (κ3) is 4.33. The smallest absolute Gasteiger partial charge is 0.335 e. The first-order valence-electron chi connectivity index (χ1n) is 5.82. The lowest BCUT2D eigenvalue weighted by molar-refractivity contribution is 0.0697. The zero-order chi connectivity index (χ0) is 15.4. The maximum Gasteiger partial charge on any atom is 0.335 e. The minimum Gasteiger partial charge on any atom is -0.478 e. The van der Waals surface area contributed by atoms with Gasteiger partial charge in [0, 0.05) is 9.26 Å². The Balaban J connectivity index is 2.12. The Morgan fingerprint density at radius 2 is 1.86 bits per heavy atom. The number of carboxylic acid groups (broad SMARTS) is 1. The molecule has 2 amide bonds. The van der Waals surface area contributed by atoms with Crippen molar-refractivity contribution in [3.8, 4) is 0 Å². The molecular weight excluding hydrogens is 407 g/mol. The van der Waals surface area contributed by atoms with Crippen molar-refractivity contribution >= 4 is 57.6 Å². The predicted molar refractivity (Wildman–Crippen MR) is 90.2 cm³/mol. The molecule has 0 fully saturated rings. The summed E-state index contributed by atoms with van der Waals surface area (Å²) < 4.78 is 0.983. The number of urea groups is 1. The Labute approximate surface area is 139 Å². The quantitative estimate of drug-likeness (QED) is 0.653. The van der Waals surface area contributed by atoms with Crippen LogP contribution in [0.4, 0.5) is 16.2 Å². The van der Waals surface area contributed by atoms with E-state index in [1.165, 1.54) is 18.2 Å². The molecule has 0 saturated carbocycles. The lowest BCUT2D eigenvalue weighted by Gasteiger charge is -2.10. The monoisotopic (exact) mass is 416 g/mol. The number of aromatic carboxylic acids is 1. The molecule has 2 aromatic rings. The van der Waals surface area contributed by atoms with E-state index in [0.717, 1.165) is 3.57 Å². The lowest BCUT2D eigenvalue weighted by Crippen LogP contribution is -2.20. The van der Waals surface area contributed by atoms with E-state index in [1.807, 2.05) is 12.1 Å². The van der Waals surface area contributed by atoms with Gasteiger partial charge < -0.3 is 15.7 Å². The fourth-order valence-electron chi connectivity index (χ4n) is 1.60. The molecule has 0 atom stereocenters. The molecule has 0 bridgehead atoms. The average molecular weight is 417 g/mol. The summed E-state index contributed by atoms with van der Waals surface area (Å²) in [6, 6.07) is 10.9. The molecule has 0 unspecified atom stereocenters. The van der Waals surface area contributed by atoms with Crippen molar-refractivity contribution in [2.45, 2.75) is 0 Å². The van der Waals surface area contributed by atoms with Gasteiger partial charge in [-0.15, -0.1) is 0 Å². The molecule has 7 heteroatoms. The third-order valence-corrected chi connectivity index (χ3v) is 3.54. The topological polar surface area (TPSA) is 78.4 Å². The first kappa shape index (κ1) is 15.6. The summed E-state index contributed by atoms with van der Waals surface area (Å²) in [6.45, 7) is 0. The van der Waals surface area contributed by atoms with Gasteiger partial charge in [-0.05, 0) is 59.0 Å². The third-order valence-electron chi connectivity index (χ3n) is 2.54. The van der Waals surface area contributed by atoms with Crippen LogP contribution in [0.5, 0.6) is 0 Å². The fourth-order valence-corrected chi connectivity index (χ4v) is 2.31. The van der Waals surface area contributed by atoms with Crippen molar-refractivity contribution in [1.82, 2.24) is 0 Å². The lowest BCUT2D eigenvalue weighted by atomic mass is 10.2. The van der Waals surface area contributed by atoms with Crippen LogP contribution in [0.15, 0.2) is 42.5 Å². The van der Waals surface area contributed by atoms with E-state index in [4.69, 9.17) is 16.7 Å². The van der Waals surface area contributed by atoms with E-state index in [9.17, 15) is 9.59 Å². The van der Waals surface area contributed by atoms with E-state index in [0.29, 0.717) is 5.69 Å². The number of nitrogens with one attached hydrogen (secondary N) is 2. The Morgan fingerprint density at radius 3 is 2.52 bits per heavy atom. The maximum atomic E-state index is 11.9. The zero-order valence-corrected chi connectivity index (χ0v) is 13.5. The van der Waals surface area contributed by atoms with Crippen LogP contribution >= 0.6 is 34.2 Å². The van der Waals surface area contributed by atoms with E-state index in [2.05, 4.69) is 33.2 Å². The van der Waals surface area contributed by atoms with Crippen molar-refractivity contribution in [2.24, 2.45) is 0 Å². The number of halogens is 2. The van der Waals surface area contributed by atoms with Gasteiger partial charge >= 0.3 is 12.0 Å². The van der Waals surface area contributed by atoms with E-state index < -0.39 is 12.0 Å². The largest absolute Gasteiger partial charge is 0.478 e. The van der Waals surface area contributed by atoms with Crippen molar-refractivity contribution < 1.29 is 14.7 Å². The Bertz CT molecular complexity index is 706. The van der Waals surface area contributed by atoms with Gasteiger partial charge in [0.1, 0.15) is 0 Å². The SMILES string of the molecule is O=C(Nc1cccc(I)c1)Nc1cc(C(=O)O)ccc1Cl. The van der Waals surface area contributed by atoms with Crippen molar-refractivity contribution in [1.29, 1.82) is 0 Å². The van der Waals surface area contributed by atoms with E-state index in [-0.39, 0.29) is 16.3 Å². The minimum absolute atomic E-state index is 0.0453. The zero-order valence-electron chi connectivity index (χ0n) is 10.6. The summed E-state index contributed by atoms with van der Waals surface area (Å²) in [5.41, 5.74) is 0.911. The standard InChI is InChI=1S/C14H10ClIN2O3/c15-11-5-4-8(13(19)20)6-12(11)18-14(21)17-10-3-1-2-9(16)7-10/h1-7H,(H,19,20)(H2,17,18,21).